The molecule has 3 aromatic carbocycles. The Kier molecular flexibility index (Phi) is 7.01. The minimum atomic E-state index is -0.111. The number of carbonyl (C=O) groups excluding carboxylic acids is 1. The van der Waals surface area contributed by atoms with Gasteiger partial charge in [0.25, 0.3) is 0 Å². The van der Waals surface area contributed by atoms with Crippen molar-refractivity contribution in [1.82, 2.24) is 14.8 Å². The number of halogens is 1. The predicted molar refractivity (Wildman–Crippen MR) is 137 cm³/mol. The summed E-state index contributed by atoms with van der Waals surface area (Å²) in [4.78, 5) is 14.6. The quantitative estimate of drug-likeness (QED) is 0.346. The molecule has 1 amide bonds. The van der Waals surface area contributed by atoms with Gasteiger partial charge in [0, 0.05) is 41.7 Å². The Labute approximate surface area is 202 Å². The first kappa shape index (κ1) is 22.9. The number of hydrogen-bond acceptors (Lipinski definition) is 5. The highest BCUT2D eigenvalue weighted by Crippen LogP contribution is 2.29. The smallest absolute Gasteiger partial charge is 0.234 e. The maximum Gasteiger partial charge on any atom is 0.234 e. The molecule has 0 atom stereocenters. The zero-order valence-electron chi connectivity index (χ0n) is 18.6. The SMILES string of the molecule is Cc1ccc(-c2nnc(SCC(=O)Nc3ccc(N(C)C)cc3)n2-c2ccc(Cl)cc2)cc1. The van der Waals surface area contributed by atoms with Crippen LogP contribution in [0.1, 0.15) is 5.56 Å². The monoisotopic (exact) mass is 477 g/mol. The van der Waals surface area contributed by atoms with Crippen LogP contribution in [0.5, 0.6) is 0 Å². The van der Waals surface area contributed by atoms with Crippen molar-refractivity contribution in [2.75, 3.05) is 30.1 Å². The Morgan fingerprint density at radius 2 is 1.64 bits per heavy atom. The fourth-order valence-corrected chi connectivity index (χ4v) is 4.12. The number of nitrogens with zero attached hydrogens (tertiary/aromatic N) is 4. The standard InChI is InChI=1S/C25H24ClN5OS/c1-17-4-6-18(7-5-17)24-28-29-25(31(24)22-12-8-19(26)9-13-22)33-16-23(32)27-20-10-14-21(15-11-20)30(2)3/h4-15H,16H2,1-3H3,(H,27,32). The summed E-state index contributed by atoms with van der Waals surface area (Å²) in [6, 6.07) is 23.3. The van der Waals surface area contributed by atoms with Crippen molar-refractivity contribution in [2.45, 2.75) is 12.1 Å². The van der Waals surface area contributed by atoms with Crippen LogP contribution < -0.4 is 10.2 Å². The van der Waals surface area contributed by atoms with Gasteiger partial charge in [0.1, 0.15) is 0 Å². The van der Waals surface area contributed by atoms with E-state index in [2.05, 4.69) is 15.5 Å². The molecule has 0 spiro atoms. The average molecular weight is 478 g/mol. The van der Waals surface area contributed by atoms with E-state index in [9.17, 15) is 4.79 Å². The van der Waals surface area contributed by atoms with Gasteiger partial charge in [-0.1, -0.05) is 53.2 Å². The molecule has 1 aromatic heterocycles. The lowest BCUT2D eigenvalue weighted by atomic mass is 10.1. The molecule has 0 aliphatic heterocycles. The minimum Gasteiger partial charge on any atom is -0.378 e. The Hall–Kier alpha value is -3.29. The fraction of sp³-hybridized carbons (Fsp3) is 0.160. The molecule has 0 unspecified atom stereocenters. The molecular weight excluding hydrogens is 454 g/mol. The van der Waals surface area contributed by atoms with Crippen LogP contribution in [0.25, 0.3) is 17.1 Å². The van der Waals surface area contributed by atoms with Crippen molar-refractivity contribution in [3.8, 4) is 17.1 Å². The van der Waals surface area contributed by atoms with E-state index in [0.29, 0.717) is 16.0 Å². The maximum absolute atomic E-state index is 12.6. The molecule has 6 nitrogen and oxygen atoms in total. The van der Waals surface area contributed by atoms with E-state index in [1.165, 1.54) is 17.3 Å². The topological polar surface area (TPSA) is 63.1 Å². The third kappa shape index (κ3) is 5.56. The first-order chi connectivity index (χ1) is 15.9. The molecular formula is C25H24ClN5OS. The summed E-state index contributed by atoms with van der Waals surface area (Å²) in [6.07, 6.45) is 0. The van der Waals surface area contributed by atoms with E-state index in [1.54, 1.807) is 0 Å². The number of rotatable bonds is 7. The number of carbonyl (C=O) groups is 1. The highest BCUT2D eigenvalue weighted by Gasteiger charge is 2.17. The summed E-state index contributed by atoms with van der Waals surface area (Å²) in [5.41, 5.74) is 4.82. The van der Waals surface area contributed by atoms with E-state index < -0.39 is 0 Å². The van der Waals surface area contributed by atoms with Crippen LogP contribution in [0.2, 0.25) is 5.02 Å². The summed E-state index contributed by atoms with van der Waals surface area (Å²) in [5.74, 6) is 0.800. The molecule has 0 aliphatic rings. The molecule has 4 rings (SSSR count). The first-order valence-corrected chi connectivity index (χ1v) is 11.8. The highest BCUT2D eigenvalue weighted by molar-refractivity contribution is 7.99. The maximum atomic E-state index is 12.6. The van der Waals surface area contributed by atoms with Gasteiger partial charge in [-0.3, -0.25) is 9.36 Å². The summed E-state index contributed by atoms with van der Waals surface area (Å²) in [6.45, 7) is 2.04. The molecule has 1 heterocycles. The summed E-state index contributed by atoms with van der Waals surface area (Å²) in [7, 11) is 3.96. The van der Waals surface area contributed by atoms with E-state index in [0.717, 1.165) is 22.6 Å². The molecule has 8 heteroatoms. The number of nitrogens with one attached hydrogen (secondary N) is 1. The van der Waals surface area contributed by atoms with E-state index >= 15 is 0 Å². The van der Waals surface area contributed by atoms with Crippen LogP contribution >= 0.6 is 23.4 Å². The van der Waals surface area contributed by atoms with Crippen molar-refractivity contribution < 1.29 is 4.79 Å². The van der Waals surface area contributed by atoms with Crippen molar-refractivity contribution in [3.63, 3.8) is 0 Å². The molecule has 1 N–H and O–H groups in total. The lowest BCUT2D eigenvalue weighted by Crippen LogP contribution is -2.15. The molecule has 0 saturated carbocycles. The minimum absolute atomic E-state index is 0.111. The van der Waals surface area contributed by atoms with Gasteiger partial charge in [0.15, 0.2) is 11.0 Å². The molecule has 0 bridgehead atoms. The summed E-state index contributed by atoms with van der Waals surface area (Å²) in [5, 5.41) is 13.0. The zero-order chi connectivity index (χ0) is 23.4. The number of aromatic nitrogens is 3. The average Bonchev–Trinajstić information content (AvgIpc) is 3.23. The molecule has 0 saturated heterocycles. The first-order valence-electron chi connectivity index (χ1n) is 10.4. The van der Waals surface area contributed by atoms with Crippen LogP contribution in [0.4, 0.5) is 11.4 Å². The number of hydrogen-bond donors (Lipinski definition) is 1. The van der Waals surface area contributed by atoms with Gasteiger partial charge in [0.2, 0.25) is 5.91 Å². The van der Waals surface area contributed by atoms with Gasteiger partial charge in [-0.05, 0) is 55.5 Å². The van der Waals surface area contributed by atoms with Crippen molar-refractivity contribution in [1.29, 1.82) is 0 Å². The number of thioether (sulfide) groups is 1. The fourth-order valence-electron chi connectivity index (χ4n) is 3.25. The van der Waals surface area contributed by atoms with Gasteiger partial charge >= 0.3 is 0 Å². The third-order valence-electron chi connectivity index (χ3n) is 5.03. The van der Waals surface area contributed by atoms with E-state index in [-0.39, 0.29) is 11.7 Å². The third-order valence-corrected chi connectivity index (χ3v) is 6.21. The second kappa shape index (κ2) is 10.1. The molecule has 168 valence electrons. The normalized spacial score (nSPS) is 10.8. The summed E-state index contributed by atoms with van der Waals surface area (Å²) >= 11 is 7.43. The number of anilines is 2. The van der Waals surface area contributed by atoms with Crippen LogP contribution in [0.3, 0.4) is 0 Å². The van der Waals surface area contributed by atoms with Crippen LogP contribution in [0.15, 0.2) is 78.0 Å². The second-order valence-electron chi connectivity index (χ2n) is 7.76. The van der Waals surface area contributed by atoms with Gasteiger partial charge < -0.3 is 10.2 Å². The Morgan fingerprint density at radius 3 is 2.27 bits per heavy atom. The molecule has 4 aromatic rings. The molecule has 0 aliphatic carbocycles. The molecule has 0 radical (unpaired) electrons. The largest absolute Gasteiger partial charge is 0.378 e. The van der Waals surface area contributed by atoms with Crippen LogP contribution in [-0.4, -0.2) is 40.5 Å². The van der Waals surface area contributed by atoms with Crippen molar-refractivity contribution >= 4 is 40.6 Å². The Balaban J connectivity index is 1.55. The van der Waals surface area contributed by atoms with Crippen LogP contribution in [-0.2, 0) is 4.79 Å². The molecule has 33 heavy (non-hydrogen) atoms. The molecule has 0 fully saturated rings. The summed E-state index contributed by atoms with van der Waals surface area (Å²) < 4.78 is 1.95. The number of amides is 1. The van der Waals surface area contributed by atoms with E-state index in [4.69, 9.17) is 11.6 Å². The Bertz CT molecular complexity index is 1240. The van der Waals surface area contributed by atoms with E-state index in [1.807, 2.05) is 103 Å². The van der Waals surface area contributed by atoms with Crippen molar-refractivity contribution in [3.05, 3.63) is 83.4 Å². The second-order valence-corrected chi connectivity index (χ2v) is 9.14. The lowest BCUT2D eigenvalue weighted by Gasteiger charge is -2.13. The Morgan fingerprint density at radius 1 is 0.970 bits per heavy atom. The van der Waals surface area contributed by atoms with Gasteiger partial charge in [-0.15, -0.1) is 10.2 Å². The van der Waals surface area contributed by atoms with Gasteiger partial charge in [0.05, 0.1) is 5.75 Å². The highest BCUT2D eigenvalue weighted by atomic mass is 35.5. The predicted octanol–water partition coefficient (Wildman–Crippen LogP) is 5.69. The lowest BCUT2D eigenvalue weighted by molar-refractivity contribution is -0.113. The van der Waals surface area contributed by atoms with Gasteiger partial charge in [-0.2, -0.15) is 0 Å². The number of benzene rings is 3. The van der Waals surface area contributed by atoms with Crippen LogP contribution in [0, 0.1) is 6.92 Å². The van der Waals surface area contributed by atoms with Gasteiger partial charge in [-0.25, -0.2) is 0 Å². The van der Waals surface area contributed by atoms with Crippen molar-refractivity contribution in [2.24, 2.45) is 0 Å². The number of aryl methyl sites for hydroxylation is 1. The zero-order valence-corrected chi connectivity index (χ0v) is 20.2.